The molecule has 0 aliphatic carbocycles. The van der Waals surface area contributed by atoms with Gasteiger partial charge in [0.1, 0.15) is 0 Å². The van der Waals surface area contributed by atoms with Gasteiger partial charge < -0.3 is 10.6 Å². The van der Waals surface area contributed by atoms with Gasteiger partial charge in [0.25, 0.3) is 0 Å². The highest BCUT2D eigenvalue weighted by molar-refractivity contribution is 6.30. The van der Waals surface area contributed by atoms with Crippen LogP contribution in [0.15, 0.2) is 48.5 Å². The Morgan fingerprint density at radius 2 is 1.76 bits per heavy atom. The Morgan fingerprint density at radius 3 is 2.40 bits per heavy atom. The van der Waals surface area contributed by atoms with Gasteiger partial charge in [0, 0.05) is 16.4 Å². The maximum Gasteiger partial charge on any atom is 0.241 e. The molecule has 5 nitrogen and oxygen atoms in total. The van der Waals surface area contributed by atoms with Gasteiger partial charge >= 0.3 is 0 Å². The monoisotopic (exact) mass is 359 g/mol. The molecule has 2 amide bonds. The molecule has 6 heteroatoms. The largest absolute Gasteiger partial charge is 0.325 e. The summed E-state index contributed by atoms with van der Waals surface area (Å²) in [5, 5.41) is 6.17. The van der Waals surface area contributed by atoms with Gasteiger partial charge in [0.15, 0.2) is 0 Å². The molecule has 132 valence electrons. The number of hydrogen-bond acceptors (Lipinski definition) is 3. The van der Waals surface area contributed by atoms with Gasteiger partial charge in [-0.25, -0.2) is 0 Å². The lowest BCUT2D eigenvalue weighted by molar-refractivity contribution is -0.122. The first kappa shape index (κ1) is 19.0. The van der Waals surface area contributed by atoms with Crippen LogP contribution in [0.1, 0.15) is 12.5 Å². The number of anilines is 2. The normalized spacial score (nSPS) is 11.9. The van der Waals surface area contributed by atoms with Crippen LogP contribution in [-0.2, 0) is 9.59 Å². The van der Waals surface area contributed by atoms with Crippen LogP contribution in [0, 0.1) is 6.92 Å². The maximum absolute atomic E-state index is 12.3. The van der Waals surface area contributed by atoms with Crippen molar-refractivity contribution in [3.05, 3.63) is 59.1 Å². The molecule has 0 saturated heterocycles. The second-order valence-corrected chi connectivity index (χ2v) is 6.44. The first-order valence-corrected chi connectivity index (χ1v) is 8.36. The topological polar surface area (TPSA) is 61.4 Å². The van der Waals surface area contributed by atoms with Crippen LogP contribution in [0.3, 0.4) is 0 Å². The fourth-order valence-electron chi connectivity index (χ4n) is 2.21. The van der Waals surface area contributed by atoms with Crippen LogP contribution in [0.5, 0.6) is 0 Å². The number of hydrogen-bond donors (Lipinski definition) is 2. The molecule has 0 aliphatic heterocycles. The molecule has 2 aromatic carbocycles. The smallest absolute Gasteiger partial charge is 0.241 e. The number of aryl methyl sites for hydroxylation is 1. The molecule has 0 radical (unpaired) electrons. The molecule has 1 atom stereocenters. The summed E-state index contributed by atoms with van der Waals surface area (Å²) in [5.74, 6) is -0.373. The summed E-state index contributed by atoms with van der Waals surface area (Å²) in [7, 11) is 1.73. The molecule has 0 bridgehead atoms. The molecule has 0 spiro atoms. The summed E-state index contributed by atoms with van der Waals surface area (Å²) in [6, 6.07) is 14.0. The minimum absolute atomic E-state index is 0.109. The number of likely N-dealkylation sites (N-methyl/N-ethyl adjacent to an activating group) is 1. The Hall–Kier alpha value is -2.37. The van der Waals surface area contributed by atoms with E-state index in [4.69, 9.17) is 11.6 Å². The van der Waals surface area contributed by atoms with Crippen LogP contribution in [0.2, 0.25) is 5.02 Å². The fourth-order valence-corrected chi connectivity index (χ4v) is 2.40. The zero-order valence-electron chi connectivity index (χ0n) is 14.5. The van der Waals surface area contributed by atoms with Crippen molar-refractivity contribution in [1.82, 2.24) is 4.90 Å². The van der Waals surface area contributed by atoms with Crippen molar-refractivity contribution in [1.29, 1.82) is 0 Å². The molecule has 1 unspecified atom stereocenters. The van der Waals surface area contributed by atoms with E-state index in [-0.39, 0.29) is 18.4 Å². The van der Waals surface area contributed by atoms with E-state index in [0.29, 0.717) is 10.7 Å². The lowest BCUT2D eigenvalue weighted by Gasteiger charge is -2.23. The molecule has 2 aromatic rings. The van der Waals surface area contributed by atoms with Crippen molar-refractivity contribution >= 4 is 34.8 Å². The van der Waals surface area contributed by atoms with E-state index in [9.17, 15) is 9.59 Å². The Balaban J connectivity index is 1.88. The number of nitrogens with one attached hydrogen (secondary N) is 2. The fraction of sp³-hybridized carbons (Fsp3) is 0.263. The Morgan fingerprint density at radius 1 is 1.08 bits per heavy atom. The van der Waals surface area contributed by atoms with Crippen molar-refractivity contribution < 1.29 is 9.59 Å². The van der Waals surface area contributed by atoms with Crippen LogP contribution >= 0.6 is 11.6 Å². The zero-order chi connectivity index (χ0) is 18.4. The van der Waals surface area contributed by atoms with Gasteiger partial charge in [-0.05, 0) is 51.2 Å². The number of benzene rings is 2. The second kappa shape index (κ2) is 8.65. The van der Waals surface area contributed by atoms with Gasteiger partial charge in [-0.15, -0.1) is 0 Å². The van der Waals surface area contributed by atoms with Gasteiger partial charge in [-0.2, -0.15) is 0 Å². The quantitative estimate of drug-likeness (QED) is 0.829. The molecule has 0 fully saturated rings. The van der Waals surface area contributed by atoms with Gasteiger partial charge in [-0.1, -0.05) is 35.4 Å². The summed E-state index contributed by atoms with van der Waals surface area (Å²) in [5.41, 5.74) is 2.49. The van der Waals surface area contributed by atoms with E-state index in [1.165, 1.54) is 0 Å². The third-order valence-corrected chi connectivity index (χ3v) is 4.10. The highest BCUT2D eigenvalue weighted by Gasteiger charge is 2.20. The summed E-state index contributed by atoms with van der Waals surface area (Å²) < 4.78 is 0. The lowest BCUT2D eigenvalue weighted by Crippen LogP contribution is -2.43. The summed E-state index contributed by atoms with van der Waals surface area (Å²) in [6.45, 7) is 3.84. The van der Waals surface area contributed by atoms with Gasteiger partial charge in [-0.3, -0.25) is 14.5 Å². The third kappa shape index (κ3) is 5.89. The van der Waals surface area contributed by atoms with Crippen LogP contribution in [-0.4, -0.2) is 36.3 Å². The number of carbonyl (C=O) groups is 2. The minimum Gasteiger partial charge on any atom is -0.325 e. The summed E-state index contributed by atoms with van der Waals surface area (Å²) >= 11 is 5.91. The van der Waals surface area contributed by atoms with E-state index < -0.39 is 6.04 Å². The maximum atomic E-state index is 12.3. The summed E-state index contributed by atoms with van der Waals surface area (Å²) in [4.78, 5) is 26.1. The molecule has 0 saturated carbocycles. The Bertz CT molecular complexity index is 747. The molecule has 2 rings (SSSR count). The van der Waals surface area contributed by atoms with Crippen LogP contribution in [0.4, 0.5) is 11.4 Å². The molecular weight excluding hydrogens is 338 g/mol. The third-order valence-electron chi connectivity index (χ3n) is 3.86. The van der Waals surface area contributed by atoms with E-state index in [0.717, 1.165) is 11.3 Å². The summed E-state index contributed by atoms with van der Waals surface area (Å²) in [6.07, 6.45) is 0. The lowest BCUT2D eigenvalue weighted by atomic mass is 10.2. The standard InChI is InChI=1S/C19H22ClN3O2/c1-13-7-9-16(10-8-13)21-18(24)12-23(3)14(2)19(25)22-17-6-4-5-15(20)11-17/h4-11,14H,12H2,1-3H3,(H,21,24)(H,22,25). The average molecular weight is 360 g/mol. The Labute approximate surface area is 153 Å². The number of carbonyl (C=O) groups excluding carboxylic acids is 2. The van der Waals surface area contributed by atoms with Gasteiger partial charge in [0.2, 0.25) is 11.8 Å². The molecule has 0 aromatic heterocycles. The van der Waals surface area contributed by atoms with E-state index in [1.54, 1.807) is 43.1 Å². The first-order chi connectivity index (χ1) is 11.8. The first-order valence-electron chi connectivity index (χ1n) is 7.98. The number of halogens is 1. The highest BCUT2D eigenvalue weighted by Crippen LogP contribution is 2.15. The highest BCUT2D eigenvalue weighted by atomic mass is 35.5. The van der Waals surface area contributed by atoms with Crippen molar-refractivity contribution in [2.45, 2.75) is 19.9 Å². The predicted octanol–water partition coefficient (Wildman–Crippen LogP) is 3.55. The molecule has 0 aliphatic rings. The van der Waals surface area contributed by atoms with E-state index >= 15 is 0 Å². The minimum atomic E-state index is -0.470. The number of amides is 2. The predicted molar refractivity (Wildman–Crippen MR) is 102 cm³/mol. The zero-order valence-corrected chi connectivity index (χ0v) is 15.3. The van der Waals surface area contributed by atoms with Crippen LogP contribution < -0.4 is 10.6 Å². The van der Waals surface area contributed by atoms with Crippen LogP contribution in [0.25, 0.3) is 0 Å². The average Bonchev–Trinajstić information content (AvgIpc) is 2.56. The number of nitrogens with zero attached hydrogens (tertiary/aromatic N) is 1. The van der Waals surface area contributed by atoms with Crippen molar-refractivity contribution in [3.63, 3.8) is 0 Å². The number of rotatable bonds is 6. The molecule has 25 heavy (non-hydrogen) atoms. The van der Waals surface area contributed by atoms with E-state index in [1.807, 2.05) is 31.2 Å². The Kier molecular flexibility index (Phi) is 6.56. The van der Waals surface area contributed by atoms with Crippen molar-refractivity contribution in [3.8, 4) is 0 Å². The second-order valence-electron chi connectivity index (χ2n) is 6.00. The molecule has 0 heterocycles. The van der Waals surface area contributed by atoms with E-state index in [2.05, 4.69) is 10.6 Å². The SMILES string of the molecule is Cc1ccc(NC(=O)CN(C)C(C)C(=O)Nc2cccc(Cl)c2)cc1. The van der Waals surface area contributed by atoms with Gasteiger partial charge in [0.05, 0.1) is 12.6 Å². The molecule has 2 N–H and O–H groups in total. The molecular formula is C19H22ClN3O2. The van der Waals surface area contributed by atoms with Crippen molar-refractivity contribution in [2.75, 3.05) is 24.2 Å². The van der Waals surface area contributed by atoms with Crippen molar-refractivity contribution in [2.24, 2.45) is 0 Å².